The Morgan fingerprint density at radius 2 is 1.89 bits per heavy atom. The van der Waals surface area contributed by atoms with Crippen molar-refractivity contribution in [3.05, 3.63) is 59.8 Å². The minimum absolute atomic E-state index is 0.00268. The Hall–Kier alpha value is -2.83. The molecule has 0 amide bonds. The quantitative estimate of drug-likeness (QED) is 0.733. The monoisotopic (exact) mass is 377 g/mol. The Balaban J connectivity index is 1.21. The number of piperazine rings is 1. The predicted molar refractivity (Wildman–Crippen MR) is 103 cm³/mol. The Labute approximate surface area is 163 Å². The molecule has 0 unspecified atom stereocenters. The van der Waals surface area contributed by atoms with Crippen LogP contribution in [0.15, 0.2) is 48.7 Å². The van der Waals surface area contributed by atoms with Gasteiger partial charge in [0.15, 0.2) is 11.5 Å². The molecule has 1 aromatic heterocycles. The van der Waals surface area contributed by atoms with Crippen molar-refractivity contribution in [2.45, 2.75) is 13.1 Å². The Kier molecular flexibility index (Phi) is 4.50. The highest BCUT2D eigenvalue weighted by Crippen LogP contribution is 2.32. The minimum Gasteiger partial charge on any atom is -0.871 e. The summed E-state index contributed by atoms with van der Waals surface area (Å²) >= 11 is 0. The van der Waals surface area contributed by atoms with Crippen molar-refractivity contribution in [1.29, 1.82) is 0 Å². The Morgan fingerprint density at radius 3 is 2.79 bits per heavy atom. The molecule has 2 aromatic carbocycles. The summed E-state index contributed by atoms with van der Waals surface area (Å²) in [4.78, 5) is 8.30. The van der Waals surface area contributed by atoms with Crippen LogP contribution in [0.2, 0.25) is 0 Å². The van der Waals surface area contributed by atoms with Gasteiger partial charge < -0.3 is 19.5 Å². The van der Waals surface area contributed by atoms with Gasteiger partial charge in [-0.1, -0.05) is 30.0 Å². The van der Waals surface area contributed by atoms with E-state index in [-0.39, 0.29) is 5.75 Å². The molecule has 0 atom stereocenters. The number of fused-ring (bicyclic) bond motifs is 2. The minimum atomic E-state index is 0.00268. The molecule has 0 spiro atoms. The molecule has 2 aliphatic rings. The first kappa shape index (κ1) is 17.3. The van der Waals surface area contributed by atoms with Crippen molar-refractivity contribution >= 4 is 10.9 Å². The molecule has 2 aliphatic heterocycles. The number of pyridine rings is 1. The topological polar surface area (TPSA) is 62.1 Å². The number of ether oxygens (including phenoxy) is 2. The van der Waals surface area contributed by atoms with Gasteiger partial charge in [-0.3, -0.25) is 9.88 Å². The van der Waals surface area contributed by atoms with E-state index in [0.717, 1.165) is 56.2 Å². The summed E-state index contributed by atoms with van der Waals surface area (Å²) < 4.78 is 10.9. The van der Waals surface area contributed by atoms with E-state index < -0.39 is 0 Å². The molecule has 28 heavy (non-hydrogen) atoms. The zero-order valence-corrected chi connectivity index (χ0v) is 15.7. The summed E-state index contributed by atoms with van der Waals surface area (Å²) in [5, 5.41) is 13.0. The SMILES string of the molecule is [O-]c1ccc(C[NH+]2CCN(Cc3ccc4c(c3)OCO4)CC2)c2cccnc12. The van der Waals surface area contributed by atoms with E-state index >= 15 is 0 Å². The van der Waals surface area contributed by atoms with E-state index in [1.165, 1.54) is 11.1 Å². The first-order valence-corrected chi connectivity index (χ1v) is 9.74. The fourth-order valence-corrected chi connectivity index (χ4v) is 4.13. The molecule has 3 aromatic rings. The van der Waals surface area contributed by atoms with E-state index in [1.807, 2.05) is 24.3 Å². The maximum absolute atomic E-state index is 12.0. The summed E-state index contributed by atoms with van der Waals surface area (Å²) in [6.45, 7) is 6.47. The zero-order chi connectivity index (χ0) is 18.9. The summed E-state index contributed by atoms with van der Waals surface area (Å²) in [5.74, 6) is 1.69. The molecule has 1 N–H and O–H groups in total. The van der Waals surface area contributed by atoms with E-state index in [2.05, 4.69) is 22.0 Å². The summed E-state index contributed by atoms with van der Waals surface area (Å²) in [7, 11) is 0. The summed E-state index contributed by atoms with van der Waals surface area (Å²) in [5.41, 5.74) is 3.05. The fraction of sp³-hybridized carbons (Fsp3) is 0.318. The highest BCUT2D eigenvalue weighted by atomic mass is 16.7. The fourth-order valence-electron chi connectivity index (χ4n) is 4.13. The molecule has 0 aliphatic carbocycles. The maximum atomic E-state index is 12.0. The number of benzene rings is 2. The number of rotatable bonds is 4. The number of hydrogen-bond acceptors (Lipinski definition) is 5. The molecule has 0 radical (unpaired) electrons. The van der Waals surface area contributed by atoms with Gasteiger partial charge in [0.05, 0.1) is 18.6 Å². The van der Waals surface area contributed by atoms with Crippen molar-refractivity contribution in [2.24, 2.45) is 0 Å². The first-order valence-electron chi connectivity index (χ1n) is 9.74. The van der Waals surface area contributed by atoms with Gasteiger partial charge >= 0.3 is 0 Å². The molecule has 1 fully saturated rings. The van der Waals surface area contributed by atoms with Crippen molar-refractivity contribution < 1.29 is 19.5 Å². The second-order valence-electron chi connectivity index (χ2n) is 7.51. The standard InChI is InChI=1S/C22H23N3O3/c26-19-5-4-17(18-2-1-7-23-22(18)19)14-25-10-8-24(9-11-25)13-16-3-6-20-21(12-16)28-15-27-20/h1-7,12,26H,8-11,13-15H2. The number of hydrogen-bond donors (Lipinski definition) is 1. The van der Waals surface area contributed by atoms with Crippen LogP contribution in [0, 0.1) is 0 Å². The van der Waals surface area contributed by atoms with Gasteiger partial charge in [-0.25, -0.2) is 0 Å². The van der Waals surface area contributed by atoms with Gasteiger partial charge in [-0.05, 0) is 23.8 Å². The first-order chi connectivity index (χ1) is 13.8. The highest BCUT2D eigenvalue weighted by molar-refractivity contribution is 5.86. The van der Waals surface area contributed by atoms with Crippen LogP contribution in [0.3, 0.4) is 0 Å². The largest absolute Gasteiger partial charge is 0.871 e. The molecular formula is C22H23N3O3. The molecular weight excluding hydrogens is 354 g/mol. The van der Waals surface area contributed by atoms with Crippen LogP contribution in [0.4, 0.5) is 0 Å². The van der Waals surface area contributed by atoms with Crippen molar-refractivity contribution in [1.82, 2.24) is 9.88 Å². The lowest BCUT2D eigenvalue weighted by molar-refractivity contribution is -0.918. The van der Waals surface area contributed by atoms with Crippen LogP contribution in [0.5, 0.6) is 17.2 Å². The normalized spacial score (nSPS) is 17.3. The van der Waals surface area contributed by atoms with Crippen LogP contribution in [-0.2, 0) is 13.1 Å². The Morgan fingerprint density at radius 1 is 1.04 bits per heavy atom. The van der Waals surface area contributed by atoms with Crippen molar-refractivity contribution in [3.8, 4) is 17.2 Å². The third-order valence-electron chi connectivity index (χ3n) is 5.67. The van der Waals surface area contributed by atoms with Crippen LogP contribution in [0.25, 0.3) is 10.9 Å². The van der Waals surface area contributed by atoms with Gasteiger partial charge in [-0.2, -0.15) is 0 Å². The lowest BCUT2D eigenvalue weighted by Crippen LogP contribution is -3.13. The molecule has 3 heterocycles. The third-order valence-corrected chi connectivity index (χ3v) is 5.67. The zero-order valence-electron chi connectivity index (χ0n) is 15.7. The highest BCUT2D eigenvalue weighted by Gasteiger charge is 2.22. The Bertz CT molecular complexity index is 999. The molecule has 1 saturated heterocycles. The lowest BCUT2D eigenvalue weighted by Gasteiger charge is -2.32. The lowest BCUT2D eigenvalue weighted by atomic mass is 10.1. The predicted octanol–water partition coefficient (Wildman–Crippen LogP) is 0.938. The summed E-state index contributed by atoms with van der Waals surface area (Å²) in [6.07, 6.45) is 1.69. The third kappa shape index (κ3) is 3.37. The number of aromatic nitrogens is 1. The average Bonchev–Trinajstić information content (AvgIpc) is 3.20. The summed E-state index contributed by atoms with van der Waals surface area (Å²) in [6, 6.07) is 13.7. The second kappa shape index (κ2) is 7.30. The van der Waals surface area contributed by atoms with E-state index in [9.17, 15) is 5.11 Å². The number of nitrogens with one attached hydrogen (secondary N) is 1. The van der Waals surface area contributed by atoms with Crippen LogP contribution in [0.1, 0.15) is 11.1 Å². The molecule has 6 nitrogen and oxygen atoms in total. The van der Waals surface area contributed by atoms with E-state index in [4.69, 9.17) is 9.47 Å². The molecule has 5 rings (SSSR count). The van der Waals surface area contributed by atoms with E-state index in [0.29, 0.717) is 12.3 Å². The van der Waals surface area contributed by atoms with Crippen molar-refractivity contribution in [3.63, 3.8) is 0 Å². The van der Waals surface area contributed by atoms with Gasteiger partial charge in [0.1, 0.15) is 6.54 Å². The van der Waals surface area contributed by atoms with Gasteiger partial charge in [0.2, 0.25) is 6.79 Å². The molecule has 144 valence electrons. The maximum Gasteiger partial charge on any atom is 0.231 e. The molecule has 6 heteroatoms. The van der Waals surface area contributed by atoms with Crippen LogP contribution >= 0.6 is 0 Å². The van der Waals surface area contributed by atoms with Gasteiger partial charge in [0.25, 0.3) is 0 Å². The smallest absolute Gasteiger partial charge is 0.231 e. The van der Waals surface area contributed by atoms with Crippen LogP contribution in [-0.4, -0.2) is 42.9 Å². The van der Waals surface area contributed by atoms with E-state index in [1.54, 1.807) is 17.2 Å². The van der Waals surface area contributed by atoms with Gasteiger partial charge in [-0.15, -0.1) is 0 Å². The molecule has 0 bridgehead atoms. The number of quaternary nitrogens is 1. The average molecular weight is 377 g/mol. The number of nitrogens with zero attached hydrogens (tertiary/aromatic N) is 2. The van der Waals surface area contributed by atoms with Crippen LogP contribution < -0.4 is 19.5 Å². The second-order valence-corrected chi connectivity index (χ2v) is 7.51. The van der Waals surface area contributed by atoms with Crippen molar-refractivity contribution in [2.75, 3.05) is 33.0 Å². The molecule has 0 saturated carbocycles. The van der Waals surface area contributed by atoms with Gasteiger partial charge in [0, 0.05) is 36.8 Å².